The van der Waals surface area contributed by atoms with Crippen molar-refractivity contribution in [1.29, 1.82) is 0 Å². The number of benzene rings is 1. The maximum absolute atomic E-state index is 12.9. The summed E-state index contributed by atoms with van der Waals surface area (Å²) in [6.45, 7) is 4.99. The van der Waals surface area contributed by atoms with E-state index in [0.717, 1.165) is 42.0 Å². The number of unbranched alkanes of at least 4 members (excludes halogenated alkanes) is 2. The Bertz CT molecular complexity index is 1030. The summed E-state index contributed by atoms with van der Waals surface area (Å²) in [5.74, 6) is 1.09. The number of rotatable bonds is 13. The largest absolute Gasteiger partial charge is 0.493 e. The molecule has 1 unspecified atom stereocenters. The Balaban J connectivity index is 1.90. The molecule has 37 heavy (non-hydrogen) atoms. The molecule has 2 amide bonds. The van der Waals surface area contributed by atoms with E-state index < -0.39 is 22.4 Å². The summed E-state index contributed by atoms with van der Waals surface area (Å²) >= 11 is 0. The fourth-order valence-corrected chi connectivity index (χ4v) is 4.45. The second kappa shape index (κ2) is 14.9. The molecule has 1 aliphatic heterocycles. The summed E-state index contributed by atoms with van der Waals surface area (Å²) in [6.07, 6.45) is 9.14. The molecule has 0 bridgehead atoms. The second-order valence-electron chi connectivity index (χ2n) is 9.65. The van der Waals surface area contributed by atoms with Crippen molar-refractivity contribution >= 4 is 22.3 Å². The van der Waals surface area contributed by atoms with Crippen LogP contribution in [0.2, 0.25) is 0 Å². The number of nitrogens with one attached hydrogen (secondary N) is 1. The maximum Gasteiger partial charge on any atom is 0.415 e. The van der Waals surface area contributed by atoms with Crippen molar-refractivity contribution in [1.82, 2.24) is 14.5 Å². The predicted molar refractivity (Wildman–Crippen MR) is 142 cm³/mol. The van der Waals surface area contributed by atoms with Crippen molar-refractivity contribution in [3.05, 3.63) is 35.9 Å². The highest BCUT2D eigenvalue weighted by Crippen LogP contribution is 2.30. The van der Waals surface area contributed by atoms with Gasteiger partial charge in [0, 0.05) is 39.1 Å². The van der Waals surface area contributed by atoms with E-state index in [1.54, 1.807) is 18.2 Å². The van der Waals surface area contributed by atoms with Crippen molar-refractivity contribution in [3.63, 3.8) is 0 Å². The zero-order chi connectivity index (χ0) is 27.4. The smallest absolute Gasteiger partial charge is 0.415 e. The molecule has 2 N–H and O–H groups in total. The number of piperidine rings is 1. The van der Waals surface area contributed by atoms with Gasteiger partial charge in [-0.1, -0.05) is 32.1 Å². The van der Waals surface area contributed by atoms with E-state index >= 15 is 0 Å². The molecule has 0 aliphatic carbocycles. The molecule has 1 heterocycles. The molecule has 2 rings (SSSR count). The number of carbonyl (C=O) groups is 2. The molecule has 0 aromatic heterocycles. The third-order valence-corrected chi connectivity index (χ3v) is 7.12. The van der Waals surface area contributed by atoms with Crippen molar-refractivity contribution in [3.8, 4) is 11.5 Å². The summed E-state index contributed by atoms with van der Waals surface area (Å²) in [5.41, 5.74) is 0.801. The Labute approximate surface area is 220 Å². The molecule has 11 heteroatoms. The summed E-state index contributed by atoms with van der Waals surface area (Å²) in [5, 5.41) is 2.90. The molecule has 1 aromatic carbocycles. The number of nitrogens with zero attached hydrogens (tertiary/aromatic N) is 2. The van der Waals surface area contributed by atoms with Crippen LogP contribution in [0.25, 0.3) is 0 Å². The lowest BCUT2D eigenvalue weighted by atomic mass is 10.0. The number of likely N-dealkylation sites (N-methyl/N-ethyl adjacent to an activating group) is 1. The van der Waals surface area contributed by atoms with Crippen LogP contribution in [0.3, 0.4) is 0 Å². The SMILES string of the molecule is COc1cc(CNC(=O)CCCC/C=C/C(C)C)ccc1OC(=O)N1CCCCC1CN(C)S(=O)(=O)O. The number of allylic oxidation sites excluding steroid dienone is 2. The maximum atomic E-state index is 12.9. The van der Waals surface area contributed by atoms with Gasteiger partial charge in [0.1, 0.15) is 0 Å². The van der Waals surface area contributed by atoms with Crippen LogP contribution < -0.4 is 14.8 Å². The minimum Gasteiger partial charge on any atom is -0.493 e. The van der Waals surface area contributed by atoms with Crippen LogP contribution in [0.1, 0.15) is 64.4 Å². The van der Waals surface area contributed by atoms with E-state index in [-0.39, 0.29) is 18.2 Å². The first kappa shape index (κ1) is 30.6. The highest BCUT2D eigenvalue weighted by atomic mass is 32.2. The zero-order valence-electron chi connectivity index (χ0n) is 22.3. The van der Waals surface area contributed by atoms with Gasteiger partial charge in [0.05, 0.1) is 7.11 Å². The van der Waals surface area contributed by atoms with Crippen LogP contribution in [-0.4, -0.2) is 67.5 Å². The topological polar surface area (TPSA) is 125 Å². The first-order valence-electron chi connectivity index (χ1n) is 12.8. The summed E-state index contributed by atoms with van der Waals surface area (Å²) in [4.78, 5) is 26.6. The molecule has 1 aliphatic rings. The Morgan fingerprint density at radius 1 is 1.24 bits per heavy atom. The highest BCUT2D eigenvalue weighted by Gasteiger charge is 2.31. The first-order chi connectivity index (χ1) is 17.5. The zero-order valence-corrected chi connectivity index (χ0v) is 23.1. The van der Waals surface area contributed by atoms with E-state index in [1.807, 2.05) is 0 Å². The number of ether oxygens (including phenoxy) is 2. The van der Waals surface area contributed by atoms with Crippen LogP contribution in [0.5, 0.6) is 11.5 Å². The minimum absolute atomic E-state index is 0.0201. The fourth-order valence-electron chi connectivity index (χ4n) is 4.09. The third kappa shape index (κ3) is 10.7. The quantitative estimate of drug-likeness (QED) is 0.219. The van der Waals surface area contributed by atoms with E-state index in [2.05, 4.69) is 31.3 Å². The van der Waals surface area contributed by atoms with Gasteiger partial charge in [0.2, 0.25) is 5.91 Å². The number of hydrogen-bond acceptors (Lipinski definition) is 6. The van der Waals surface area contributed by atoms with Crippen LogP contribution >= 0.6 is 0 Å². The molecular weight excluding hydrogens is 498 g/mol. The molecular formula is C26H41N3O7S. The van der Waals surface area contributed by atoms with Gasteiger partial charge in [-0.25, -0.2) is 4.79 Å². The Morgan fingerprint density at radius 2 is 2.00 bits per heavy atom. The van der Waals surface area contributed by atoms with Gasteiger partial charge in [0.25, 0.3) is 0 Å². The summed E-state index contributed by atoms with van der Waals surface area (Å²) in [6, 6.07) is 4.66. The van der Waals surface area contributed by atoms with Gasteiger partial charge in [0.15, 0.2) is 11.5 Å². The number of carbonyl (C=O) groups excluding carboxylic acids is 2. The van der Waals surface area contributed by atoms with Crippen LogP contribution in [0.4, 0.5) is 4.79 Å². The standard InChI is InChI=1S/C26H41N3O7S/c1-20(2)11-7-5-6-8-13-25(30)27-18-21-14-15-23(24(17-21)35-4)36-26(31)29-16-10-9-12-22(29)19-28(3)37(32,33)34/h7,11,14-15,17,20,22H,5-6,8-10,12-13,16,18-19H2,1-4H3,(H,27,30)(H,32,33,34)/b11-7+. The van der Waals surface area contributed by atoms with Gasteiger partial charge in [-0.2, -0.15) is 12.7 Å². The second-order valence-corrected chi connectivity index (χ2v) is 11.2. The van der Waals surface area contributed by atoms with Gasteiger partial charge in [-0.15, -0.1) is 0 Å². The molecule has 1 aromatic rings. The van der Waals surface area contributed by atoms with E-state index in [9.17, 15) is 22.6 Å². The highest BCUT2D eigenvalue weighted by molar-refractivity contribution is 7.83. The van der Waals surface area contributed by atoms with Gasteiger partial charge in [-0.05, 0) is 62.1 Å². The Hall–Kier alpha value is -2.63. The van der Waals surface area contributed by atoms with Crippen molar-refractivity contribution in [2.24, 2.45) is 5.92 Å². The lowest BCUT2D eigenvalue weighted by Gasteiger charge is -2.36. The number of likely N-dealkylation sites (tertiary alicyclic amines) is 1. The third-order valence-electron chi connectivity index (χ3n) is 6.18. The predicted octanol–water partition coefficient (Wildman–Crippen LogP) is 4.17. The fraction of sp³-hybridized carbons (Fsp3) is 0.615. The van der Waals surface area contributed by atoms with Crippen molar-refractivity contribution < 1.29 is 32.0 Å². The lowest BCUT2D eigenvalue weighted by Crippen LogP contribution is -2.50. The van der Waals surface area contributed by atoms with Crippen LogP contribution in [0, 0.1) is 5.92 Å². The molecule has 1 fully saturated rings. The van der Waals surface area contributed by atoms with Gasteiger partial charge >= 0.3 is 16.4 Å². The average Bonchev–Trinajstić information content (AvgIpc) is 2.84. The van der Waals surface area contributed by atoms with Crippen LogP contribution in [-0.2, 0) is 21.6 Å². The van der Waals surface area contributed by atoms with E-state index in [1.165, 1.54) is 19.1 Å². The Morgan fingerprint density at radius 3 is 2.68 bits per heavy atom. The van der Waals surface area contributed by atoms with Gasteiger partial charge < -0.3 is 19.7 Å². The normalized spacial score (nSPS) is 16.4. The number of hydrogen-bond donors (Lipinski definition) is 2. The summed E-state index contributed by atoms with van der Waals surface area (Å²) < 4.78 is 43.9. The number of amides is 2. The molecule has 0 radical (unpaired) electrons. The lowest BCUT2D eigenvalue weighted by molar-refractivity contribution is -0.121. The Kier molecular flexibility index (Phi) is 12.4. The van der Waals surface area contributed by atoms with Crippen molar-refractivity contribution in [2.75, 3.05) is 27.2 Å². The van der Waals surface area contributed by atoms with E-state index in [4.69, 9.17) is 9.47 Å². The molecule has 1 saturated heterocycles. The molecule has 1 atom stereocenters. The summed E-state index contributed by atoms with van der Waals surface area (Å²) in [7, 11) is -1.62. The minimum atomic E-state index is -4.35. The van der Waals surface area contributed by atoms with Gasteiger partial charge in [-0.3, -0.25) is 9.35 Å². The van der Waals surface area contributed by atoms with Crippen LogP contribution in [0.15, 0.2) is 30.4 Å². The first-order valence-corrected chi connectivity index (χ1v) is 14.2. The molecule has 10 nitrogen and oxygen atoms in total. The number of methoxy groups -OCH3 is 1. The van der Waals surface area contributed by atoms with Crippen molar-refractivity contribution in [2.45, 2.75) is 71.4 Å². The average molecular weight is 540 g/mol. The van der Waals surface area contributed by atoms with E-state index in [0.29, 0.717) is 37.6 Å². The molecule has 0 saturated carbocycles. The molecule has 208 valence electrons. The monoisotopic (exact) mass is 539 g/mol. The molecule has 0 spiro atoms.